The molecule has 0 saturated carbocycles. The van der Waals surface area contributed by atoms with Crippen LogP contribution in [0.2, 0.25) is 0 Å². The number of hydrogen-bond donors (Lipinski definition) is 4. The number of aliphatic carboxylic acids is 1. The van der Waals surface area contributed by atoms with Gasteiger partial charge in [-0.3, -0.25) is 30.0 Å². The minimum Gasteiger partial charge on any atom is -0.480 e. The third kappa shape index (κ3) is 8.79. The lowest BCUT2D eigenvalue weighted by Gasteiger charge is -2.36. The molecule has 0 aromatic rings. The summed E-state index contributed by atoms with van der Waals surface area (Å²) in [6.45, 7) is 11.8. The molecule has 3 unspecified atom stereocenters. The molecule has 4 N–H and O–H groups in total. The van der Waals surface area contributed by atoms with Crippen LogP contribution in [0.1, 0.15) is 20.8 Å². The van der Waals surface area contributed by atoms with Crippen LogP contribution in [0.3, 0.4) is 0 Å². The fourth-order valence-corrected chi connectivity index (χ4v) is 3.27. The van der Waals surface area contributed by atoms with E-state index in [9.17, 15) is 9.90 Å². The molecule has 0 aromatic carbocycles. The van der Waals surface area contributed by atoms with Gasteiger partial charge in [0.15, 0.2) is 0 Å². The van der Waals surface area contributed by atoms with Crippen LogP contribution in [-0.2, 0) is 14.6 Å². The molecule has 10 nitrogen and oxygen atoms in total. The van der Waals surface area contributed by atoms with Gasteiger partial charge < -0.3 is 10.4 Å². The van der Waals surface area contributed by atoms with E-state index in [0.717, 1.165) is 26.2 Å². The van der Waals surface area contributed by atoms with E-state index in [-0.39, 0.29) is 25.3 Å². The molecule has 1 aliphatic rings. The highest BCUT2D eigenvalue weighted by Gasteiger charge is 2.24. The molecule has 1 heterocycles. The SMILES string of the molecule is CC(COO)N1CCNCCN(C(C)C(=O)O)CCN(C(C)COO)CC1. The summed E-state index contributed by atoms with van der Waals surface area (Å²) in [6.07, 6.45) is 0. The second kappa shape index (κ2) is 13.3. The van der Waals surface area contributed by atoms with Gasteiger partial charge in [0.2, 0.25) is 0 Å². The van der Waals surface area contributed by atoms with E-state index in [2.05, 4.69) is 24.9 Å². The summed E-state index contributed by atoms with van der Waals surface area (Å²) >= 11 is 0. The van der Waals surface area contributed by atoms with E-state index in [1.807, 2.05) is 18.7 Å². The summed E-state index contributed by atoms with van der Waals surface area (Å²) in [4.78, 5) is 26.4. The summed E-state index contributed by atoms with van der Waals surface area (Å²) in [6, 6.07) is -0.502. The molecular weight excluding hydrogens is 356 g/mol. The first-order valence-corrected chi connectivity index (χ1v) is 9.59. The monoisotopic (exact) mass is 392 g/mol. The lowest BCUT2D eigenvalue weighted by atomic mass is 10.2. The Kier molecular flexibility index (Phi) is 12.0. The van der Waals surface area contributed by atoms with Crippen LogP contribution in [0, 0.1) is 0 Å². The van der Waals surface area contributed by atoms with E-state index in [0.29, 0.717) is 26.2 Å². The van der Waals surface area contributed by atoms with Gasteiger partial charge in [-0.15, -0.1) is 0 Å². The Morgan fingerprint density at radius 1 is 0.852 bits per heavy atom. The molecule has 1 rings (SSSR count). The smallest absolute Gasteiger partial charge is 0.320 e. The molecule has 0 radical (unpaired) electrons. The molecule has 27 heavy (non-hydrogen) atoms. The first kappa shape index (κ1) is 24.2. The maximum absolute atomic E-state index is 11.4. The van der Waals surface area contributed by atoms with Gasteiger partial charge >= 0.3 is 5.97 Å². The number of hydrogen-bond acceptors (Lipinski definition) is 9. The number of rotatable bonds is 8. The molecular formula is C17H36N4O6. The van der Waals surface area contributed by atoms with Crippen molar-refractivity contribution in [2.45, 2.75) is 38.9 Å². The van der Waals surface area contributed by atoms with Gasteiger partial charge in [-0.05, 0) is 20.8 Å². The molecule has 1 aliphatic heterocycles. The van der Waals surface area contributed by atoms with Crippen molar-refractivity contribution in [1.29, 1.82) is 0 Å². The first-order chi connectivity index (χ1) is 12.9. The summed E-state index contributed by atoms with van der Waals surface area (Å²) in [7, 11) is 0. The van der Waals surface area contributed by atoms with Crippen molar-refractivity contribution in [1.82, 2.24) is 20.0 Å². The van der Waals surface area contributed by atoms with Crippen molar-refractivity contribution in [3.63, 3.8) is 0 Å². The molecule has 0 aromatic heterocycles. The molecule has 1 fully saturated rings. The molecule has 1 saturated heterocycles. The average Bonchev–Trinajstić information content (AvgIpc) is 2.61. The number of carboxylic acids is 1. The summed E-state index contributed by atoms with van der Waals surface area (Å²) < 4.78 is 0. The van der Waals surface area contributed by atoms with Crippen LogP contribution < -0.4 is 5.32 Å². The first-order valence-electron chi connectivity index (χ1n) is 9.59. The van der Waals surface area contributed by atoms with Gasteiger partial charge in [-0.1, -0.05) is 0 Å². The van der Waals surface area contributed by atoms with Gasteiger partial charge in [0.05, 0.1) is 13.2 Å². The topological polar surface area (TPSA) is 118 Å². The highest BCUT2D eigenvalue weighted by atomic mass is 17.1. The van der Waals surface area contributed by atoms with Crippen LogP contribution >= 0.6 is 0 Å². The third-order valence-electron chi connectivity index (χ3n) is 5.28. The molecule has 0 bridgehead atoms. The Balaban J connectivity index is 2.83. The van der Waals surface area contributed by atoms with E-state index >= 15 is 0 Å². The predicted octanol–water partition coefficient (Wildman–Crippen LogP) is -0.275. The fourth-order valence-electron chi connectivity index (χ4n) is 3.27. The van der Waals surface area contributed by atoms with Crippen LogP contribution in [-0.4, -0.2) is 120 Å². The summed E-state index contributed by atoms with van der Waals surface area (Å²) in [5.74, 6) is -0.829. The Labute approximate surface area is 161 Å². The van der Waals surface area contributed by atoms with E-state index in [4.69, 9.17) is 10.5 Å². The highest BCUT2D eigenvalue weighted by molar-refractivity contribution is 5.72. The van der Waals surface area contributed by atoms with Crippen molar-refractivity contribution < 1.29 is 30.2 Å². The Morgan fingerprint density at radius 3 is 1.70 bits per heavy atom. The standard InChI is InChI=1S/C17H36N4O6/c1-14(12-26-24)19-6-4-18-5-7-21(16(3)17(22)23)11-10-20(9-8-19)15(2)13-27-25/h14-16,18,24-25H,4-13H2,1-3H3,(H,22,23). The maximum Gasteiger partial charge on any atom is 0.320 e. The van der Waals surface area contributed by atoms with Gasteiger partial charge in [0.1, 0.15) is 6.04 Å². The Morgan fingerprint density at radius 2 is 1.26 bits per heavy atom. The normalized spacial score (nSPS) is 23.1. The highest BCUT2D eigenvalue weighted by Crippen LogP contribution is 2.07. The predicted molar refractivity (Wildman–Crippen MR) is 101 cm³/mol. The fraction of sp³-hybridized carbons (Fsp3) is 0.941. The van der Waals surface area contributed by atoms with Gasteiger partial charge in [0.25, 0.3) is 0 Å². The van der Waals surface area contributed by atoms with Crippen molar-refractivity contribution in [3.8, 4) is 0 Å². The molecule has 160 valence electrons. The molecule has 3 atom stereocenters. The van der Waals surface area contributed by atoms with Crippen molar-refractivity contribution in [2.24, 2.45) is 0 Å². The van der Waals surface area contributed by atoms with Crippen LogP contribution in [0.25, 0.3) is 0 Å². The largest absolute Gasteiger partial charge is 0.480 e. The lowest BCUT2D eigenvalue weighted by Crippen LogP contribution is -2.52. The molecule has 0 aliphatic carbocycles. The van der Waals surface area contributed by atoms with E-state index in [1.54, 1.807) is 6.92 Å². The number of carboxylic acid groups (broad SMARTS) is 1. The second-order valence-corrected chi connectivity index (χ2v) is 7.16. The number of carbonyl (C=O) groups is 1. The number of nitrogens with zero attached hydrogens (tertiary/aromatic N) is 3. The van der Waals surface area contributed by atoms with Crippen molar-refractivity contribution in [3.05, 3.63) is 0 Å². The summed E-state index contributed by atoms with van der Waals surface area (Å²) in [5, 5.41) is 30.3. The zero-order valence-electron chi connectivity index (χ0n) is 16.7. The quantitative estimate of drug-likeness (QED) is 0.325. The molecule has 10 heteroatoms. The maximum atomic E-state index is 11.4. The van der Waals surface area contributed by atoms with Crippen LogP contribution in [0.5, 0.6) is 0 Å². The van der Waals surface area contributed by atoms with E-state index in [1.165, 1.54) is 0 Å². The van der Waals surface area contributed by atoms with Gasteiger partial charge in [0, 0.05) is 64.4 Å². The van der Waals surface area contributed by atoms with Crippen molar-refractivity contribution >= 4 is 5.97 Å². The van der Waals surface area contributed by atoms with Gasteiger partial charge in [-0.2, -0.15) is 0 Å². The lowest BCUT2D eigenvalue weighted by molar-refractivity contribution is -0.252. The Bertz CT molecular complexity index is 417. The number of nitrogens with one attached hydrogen (secondary N) is 1. The van der Waals surface area contributed by atoms with E-state index < -0.39 is 12.0 Å². The minimum absolute atomic E-state index is 0.00991. The zero-order chi connectivity index (χ0) is 20.2. The van der Waals surface area contributed by atoms with Crippen molar-refractivity contribution in [2.75, 3.05) is 65.6 Å². The third-order valence-corrected chi connectivity index (χ3v) is 5.28. The zero-order valence-corrected chi connectivity index (χ0v) is 16.7. The average molecular weight is 392 g/mol. The van der Waals surface area contributed by atoms with Crippen LogP contribution in [0.15, 0.2) is 0 Å². The molecule has 0 amide bonds. The molecule has 0 spiro atoms. The minimum atomic E-state index is -0.829. The Hall–Kier alpha value is -0.850. The van der Waals surface area contributed by atoms with Gasteiger partial charge in [-0.25, -0.2) is 9.78 Å². The second-order valence-electron chi connectivity index (χ2n) is 7.16. The van der Waals surface area contributed by atoms with Crippen LogP contribution in [0.4, 0.5) is 0 Å². The summed E-state index contributed by atoms with van der Waals surface area (Å²) in [5.41, 5.74) is 0.